The van der Waals surface area contributed by atoms with Gasteiger partial charge in [-0.05, 0) is 63.4 Å². The lowest BCUT2D eigenvalue weighted by atomic mass is 10.1. The van der Waals surface area contributed by atoms with Gasteiger partial charge in [0.2, 0.25) is 5.91 Å². The van der Waals surface area contributed by atoms with Crippen LogP contribution in [0.1, 0.15) is 59.1 Å². The summed E-state index contributed by atoms with van der Waals surface area (Å²) in [7, 11) is 1.34. The molecule has 0 saturated heterocycles. The second-order valence-corrected chi connectivity index (χ2v) is 10.4. The van der Waals surface area contributed by atoms with E-state index in [-0.39, 0.29) is 17.8 Å². The molecule has 2 aromatic heterocycles. The van der Waals surface area contributed by atoms with Crippen molar-refractivity contribution in [2.24, 2.45) is 0 Å². The molecule has 1 amide bonds. The van der Waals surface area contributed by atoms with Crippen LogP contribution in [0.5, 0.6) is 5.75 Å². The number of rotatable bonds is 10. The van der Waals surface area contributed by atoms with Crippen LogP contribution in [-0.2, 0) is 22.5 Å². The number of esters is 1. The van der Waals surface area contributed by atoms with Gasteiger partial charge in [-0.3, -0.25) is 4.79 Å². The number of carbonyl (C=O) groups excluding carboxylic acids is 2. The number of methoxy groups -OCH3 is 1. The van der Waals surface area contributed by atoms with E-state index in [1.54, 1.807) is 6.07 Å². The molecule has 35 heavy (non-hydrogen) atoms. The molecule has 1 atom stereocenters. The van der Waals surface area contributed by atoms with Crippen molar-refractivity contribution in [2.45, 2.75) is 58.8 Å². The summed E-state index contributed by atoms with van der Waals surface area (Å²) in [5.74, 6) is 0.782. The number of hydrogen-bond acceptors (Lipinski definition) is 8. The van der Waals surface area contributed by atoms with Crippen LogP contribution in [0, 0.1) is 13.8 Å². The molecule has 0 aliphatic carbocycles. The molecule has 3 rings (SSSR count). The van der Waals surface area contributed by atoms with Crippen molar-refractivity contribution in [2.75, 3.05) is 18.2 Å². The van der Waals surface area contributed by atoms with Gasteiger partial charge in [-0.2, -0.15) is 0 Å². The number of anilines is 1. The summed E-state index contributed by atoms with van der Waals surface area (Å²) in [6.07, 6.45) is 0.325. The third kappa shape index (κ3) is 6.17. The van der Waals surface area contributed by atoms with E-state index in [0.717, 1.165) is 16.0 Å². The molecule has 0 fully saturated rings. The van der Waals surface area contributed by atoms with Crippen molar-refractivity contribution in [3.63, 3.8) is 0 Å². The Morgan fingerprint density at radius 1 is 1.26 bits per heavy atom. The third-order valence-corrected chi connectivity index (χ3v) is 7.86. The van der Waals surface area contributed by atoms with Crippen LogP contribution in [0.25, 0.3) is 0 Å². The fraction of sp³-hybridized carbons (Fsp3) is 0.417. The number of carbonyl (C=O) groups is 2. The highest BCUT2D eigenvalue weighted by Crippen LogP contribution is 2.34. The number of benzene rings is 1. The SMILES string of the molecule is CCc1c(C)sc(NC(=O)CSc2nnc(C(C)Oc3ccc(Cl)c(C)c3)n2CC)c1C(=O)OC. The lowest BCUT2D eigenvalue weighted by Crippen LogP contribution is -2.17. The number of amides is 1. The van der Waals surface area contributed by atoms with Crippen LogP contribution >= 0.6 is 34.7 Å². The summed E-state index contributed by atoms with van der Waals surface area (Å²) in [5.41, 5.74) is 2.25. The van der Waals surface area contributed by atoms with E-state index in [9.17, 15) is 9.59 Å². The Labute approximate surface area is 218 Å². The van der Waals surface area contributed by atoms with Crippen LogP contribution in [0.2, 0.25) is 5.02 Å². The zero-order valence-electron chi connectivity index (χ0n) is 20.6. The Kier molecular flexibility index (Phi) is 9.21. The summed E-state index contributed by atoms with van der Waals surface area (Å²) in [6, 6.07) is 5.50. The van der Waals surface area contributed by atoms with Gasteiger partial charge >= 0.3 is 5.97 Å². The maximum Gasteiger partial charge on any atom is 0.341 e. The van der Waals surface area contributed by atoms with Crippen LogP contribution in [0.15, 0.2) is 23.4 Å². The number of ether oxygens (including phenoxy) is 2. The molecule has 1 unspecified atom stereocenters. The van der Waals surface area contributed by atoms with Crippen LogP contribution in [0.3, 0.4) is 0 Å². The Bertz CT molecular complexity index is 1220. The van der Waals surface area contributed by atoms with Crippen molar-refractivity contribution in [3.8, 4) is 5.75 Å². The highest BCUT2D eigenvalue weighted by Gasteiger charge is 2.24. The van der Waals surface area contributed by atoms with Crippen molar-refractivity contribution in [1.29, 1.82) is 0 Å². The molecule has 3 aromatic rings. The number of halogens is 1. The molecule has 188 valence electrons. The Hall–Kier alpha value is -2.56. The first-order chi connectivity index (χ1) is 16.7. The van der Waals surface area contributed by atoms with E-state index >= 15 is 0 Å². The van der Waals surface area contributed by atoms with E-state index in [4.69, 9.17) is 21.1 Å². The molecule has 0 saturated carbocycles. The minimum Gasteiger partial charge on any atom is -0.483 e. The Balaban J connectivity index is 1.69. The van der Waals surface area contributed by atoms with Crippen LogP contribution in [-0.4, -0.2) is 39.5 Å². The molecule has 2 heterocycles. The largest absolute Gasteiger partial charge is 0.483 e. The average Bonchev–Trinajstić information content (AvgIpc) is 3.39. The molecule has 11 heteroatoms. The van der Waals surface area contributed by atoms with E-state index < -0.39 is 5.97 Å². The predicted molar refractivity (Wildman–Crippen MR) is 140 cm³/mol. The van der Waals surface area contributed by atoms with E-state index in [2.05, 4.69) is 15.5 Å². The lowest BCUT2D eigenvalue weighted by Gasteiger charge is -2.16. The van der Waals surface area contributed by atoms with Gasteiger partial charge < -0.3 is 19.4 Å². The average molecular weight is 537 g/mol. The minimum atomic E-state index is -0.450. The molecule has 0 spiro atoms. The van der Waals surface area contributed by atoms with Crippen molar-refractivity contribution >= 4 is 51.6 Å². The highest BCUT2D eigenvalue weighted by molar-refractivity contribution is 7.99. The number of aromatic nitrogens is 3. The number of nitrogens with one attached hydrogen (secondary N) is 1. The first kappa shape index (κ1) is 27.0. The standard InChI is InChI=1S/C24H29ClN4O4S2/c1-7-17-15(5)35-22(20(17)23(31)32-6)26-19(30)12-34-24-28-27-21(29(24)8-2)14(4)33-16-9-10-18(25)13(3)11-16/h9-11,14H,7-8,12H2,1-6H3,(H,26,30). The van der Waals surface area contributed by atoms with E-state index in [1.165, 1.54) is 30.2 Å². The summed E-state index contributed by atoms with van der Waals surface area (Å²) in [6.45, 7) is 10.3. The molecule has 0 radical (unpaired) electrons. The van der Waals surface area contributed by atoms with Crippen molar-refractivity contribution < 1.29 is 19.1 Å². The van der Waals surface area contributed by atoms with Gasteiger partial charge in [0.15, 0.2) is 17.1 Å². The predicted octanol–water partition coefficient (Wildman–Crippen LogP) is 5.85. The topological polar surface area (TPSA) is 95.3 Å². The quantitative estimate of drug-likeness (QED) is 0.256. The van der Waals surface area contributed by atoms with Gasteiger partial charge in [0.1, 0.15) is 10.8 Å². The maximum absolute atomic E-state index is 12.7. The van der Waals surface area contributed by atoms with Gasteiger partial charge in [-0.25, -0.2) is 4.79 Å². The molecular weight excluding hydrogens is 508 g/mol. The highest BCUT2D eigenvalue weighted by atomic mass is 35.5. The fourth-order valence-electron chi connectivity index (χ4n) is 3.66. The Morgan fingerprint density at radius 2 is 2.00 bits per heavy atom. The zero-order chi connectivity index (χ0) is 25.7. The second kappa shape index (κ2) is 11.9. The first-order valence-corrected chi connectivity index (χ1v) is 13.4. The molecule has 0 aliphatic heterocycles. The summed E-state index contributed by atoms with van der Waals surface area (Å²) in [5, 5.41) is 13.3. The molecule has 0 aliphatic rings. The van der Waals surface area contributed by atoms with Gasteiger partial charge in [0.05, 0.1) is 18.4 Å². The smallest absolute Gasteiger partial charge is 0.341 e. The number of aryl methyl sites for hydroxylation is 2. The third-order valence-electron chi connectivity index (χ3n) is 5.40. The molecule has 1 N–H and O–H groups in total. The Morgan fingerprint density at radius 3 is 2.63 bits per heavy atom. The van der Waals surface area contributed by atoms with Crippen molar-refractivity contribution in [3.05, 3.63) is 50.6 Å². The molecule has 1 aromatic carbocycles. The van der Waals surface area contributed by atoms with Gasteiger partial charge in [-0.15, -0.1) is 21.5 Å². The summed E-state index contributed by atoms with van der Waals surface area (Å²) in [4.78, 5) is 26.0. The number of thiophene rings is 1. The number of hydrogen-bond donors (Lipinski definition) is 1. The van der Waals surface area contributed by atoms with E-state index in [0.29, 0.717) is 45.3 Å². The lowest BCUT2D eigenvalue weighted by molar-refractivity contribution is -0.113. The van der Waals surface area contributed by atoms with Crippen LogP contribution in [0.4, 0.5) is 5.00 Å². The maximum atomic E-state index is 12.7. The monoisotopic (exact) mass is 536 g/mol. The van der Waals surface area contributed by atoms with Crippen molar-refractivity contribution in [1.82, 2.24) is 14.8 Å². The molecular formula is C24H29ClN4O4S2. The molecule has 8 nitrogen and oxygen atoms in total. The minimum absolute atomic E-state index is 0.114. The zero-order valence-corrected chi connectivity index (χ0v) is 23.0. The number of thioether (sulfide) groups is 1. The van der Waals surface area contributed by atoms with E-state index in [1.807, 2.05) is 51.3 Å². The fourth-order valence-corrected chi connectivity index (χ4v) is 5.73. The second-order valence-electron chi connectivity index (χ2n) is 7.78. The summed E-state index contributed by atoms with van der Waals surface area (Å²) < 4.78 is 12.9. The van der Waals surface area contributed by atoms with Gasteiger partial charge in [0, 0.05) is 16.4 Å². The van der Waals surface area contributed by atoms with Crippen LogP contribution < -0.4 is 10.1 Å². The normalized spacial score (nSPS) is 11.9. The van der Waals surface area contributed by atoms with Gasteiger partial charge in [0.25, 0.3) is 0 Å². The van der Waals surface area contributed by atoms with Gasteiger partial charge in [-0.1, -0.05) is 30.3 Å². The molecule has 0 bridgehead atoms. The number of nitrogens with zero attached hydrogens (tertiary/aromatic N) is 3. The summed E-state index contributed by atoms with van der Waals surface area (Å²) >= 11 is 8.76. The first-order valence-electron chi connectivity index (χ1n) is 11.2.